The van der Waals surface area contributed by atoms with Gasteiger partial charge in [0.15, 0.2) is 0 Å². The third kappa shape index (κ3) is 1.77. The molecule has 4 rings (SSSR count). The molecule has 1 heterocycles. The summed E-state index contributed by atoms with van der Waals surface area (Å²) in [6, 6.07) is 0. The molecule has 3 heteroatoms. The molecule has 1 saturated heterocycles. The third-order valence-corrected chi connectivity index (χ3v) is 7.80. The van der Waals surface area contributed by atoms with E-state index in [-0.39, 0.29) is 5.44 Å². The molecule has 0 spiro atoms. The third-order valence-electron chi connectivity index (χ3n) is 6.02. The largest absolute Gasteiger partial charge is 0.387 e. The lowest BCUT2D eigenvalue weighted by Crippen LogP contribution is -2.60. The number of hydrogen-bond acceptors (Lipinski definition) is 3. The van der Waals surface area contributed by atoms with Gasteiger partial charge in [-0.05, 0) is 49.4 Å². The first-order chi connectivity index (χ1) is 8.36. The summed E-state index contributed by atoms with van der Waals surface area (Å²) < 4.78 is 6.00. The molecular weight excluding hydrogens is 244 g/mol. The van der Waals surface area contributed by atoms with E-state index in [2.05, 4.69) is 13.8 Å². The SMILES string of the molecule is CC[C@@](C)(O)C1OC[C@@H]2[C@H](C[C@H]3C[C@@H]2C3(C)C)S1. The van der Waals surface area contributed by atoms with Crippen molar-refractivity contribution >= 4 is 11.8 Å². The molecule has 0 aromatic heterocycles. The average Bonchev–Trinajstić information content (AvgIpc) is 2.37. The fraction of sp³-hybridized carbons (Fsp3) is 1.00. The zero-order chi connectivity index (χ0) is 13.1. The van der Waals surface area contributed by atoms with Crippen molar-refractivity contribution in [2.45, 2.75) is 63.2 Å². The minimum atomic E-state index is -0.674. The molecule has 2 nitrogen and oxygen atoms in total. The van der Waals surface area contributed by atoms with E-state index in [0.717, 1.165) is 36.0 Å². The topological polar surface area (TPSA) is 29.5 Å². The second-order valence-corrected chi connectivity index (χ2v) is 8.62. The van der Waals surface area contributed by atoms with Crippen LogP contribution in [0.5, 0.6) is 0 Å². The van der Waals surface area contributed by atoms with Crippen LogP contribution in [0.4, 0.5) is 0 Å². The summed E-state index contributed by atoms with van der Waals surface area (Å²) in [5, 5.41) is 11.1. The molecule has 0 aromatic rings. The van der Waals surface area contributed by atoms with Crippen molar-refractivity contribution in [1.82, 2.24) is 0 Å². The lowest BCUT2D eigenvalue weighted by atomic mass is 9.45. The molecule has 6 atom stereocenters. The summed E-state index contributed by atoms with van der Waals surface area (Å²) in [4.78, 5) is 0. The van der Waals surface area contributed by atoms with Crippen molar-refractivity contribution in [1.29, 1.82) is 0 Å². The number of aliphatic hydroxyl groups is 1. The molecule has 104 valence electrons. The van der Waals surface area contributed by atoms with Gasteiger partial charge in [-0.25, -0.2) is 0 Å². The molecule has 1 N–H and O–H groups in total. The maximum Gasteiger partial charge on any atom is 0.131 e. The normalized spacial score (nSPS) is 48.8. The van der Waals surface area contributed by atoms with Gasteiger partial charge in [-0.1, -0.05) is 20.8 Å². The Balaban J connectivity index is 1.71. The fourth-order valence-corrected chi connectivity index (χ4v) is 5.91. The minimum absolute atomic E-state index is 0.0237. The summed E-state index contributed by atoms with van der Waals surface area (Å²) in [5.74, 6) is 2.47. The van der Waals surface area contributed by atoms with Crippen molar-refractivity contribution in [3.8, 4) is 0 Å². The average molecular weight is 270 g/mol. The Kier molecular flexibility index (Phi) is 3.04. The van der Waals surface area contributed by atoms with Crippen molar-refractivity contribution in [3.05, 3.63) is 0 Å². The van der Waals surface area contributed by atoms with E-state index in [1.807, 2.05) is 25.6 Å². The lowest BCUT2D eigenvalue weighted by molar-refractivity contribution is -0.145. The molecule has 3 saturated carbocycles. The van der Waals surface area contributed by atoms with Crippen LogP contribution in [0.2, 0.25) is 0 Å². The van der Waals surface area contributed by atoms with Crippen LogP contribution in [0.15, 0.2) is 0 Å². The highest BCUT2D eigenvalue weighted by Crippen LogP contribution is 2.64. The van der Waals surface area contributed by atoms with Crippen LogP contribution >= 0.6 is 11.8 Å². The smallest absolute Gasteiger partial charge is 0.131 e. The summed E-state index contributed by atoms with van der Waals surface area (Å²) in [7, 11) is 0. The van der Waals surface area contributed by atoms with Crippen molar-refractivity contribution < 1.29 is 9.84 Å². The highest BCUT2D eigenvalue weighted by molar-refractivity contribution is 8.00. The molecule has 0 radical (unpaired) electrons. The molecular formula is C15H26O2S. The van der Waals surface area contributed by atoms with Crippen LogP contribution in [0.25, 0.3) is 0 Å². The first-order valence-corrected chi connectivity index (χ1v) is 8.30. The highest BCUT2D eigenvalue weighted by Gasteiger charge is 2.59. The summed E-state index contributed by atoms with van der Waals surface area (Å²) in [6.45, 7) is 9.68. The van der Waals surface area contributed by atoms with Crippen molar-refractivity contribution in [3.63, 3.8) is 0 Å². The molecule has 18 heavy (non-hydrogen) atoms. The Hall–Kier alpha value is 0.270. The van der Waals surface area contributed by atoms with Crippen molar-refractivity contribution in [2.24, 2.45) is 23.2 Å². The van der Waals surface area contributed by atoms with Gasteiger partial charge < -0.3 is 9.84 Å². The van der Waals surface area contributed by atoms with E-state index in [9.17, 15) is 5.11 Å². The minimum Gasteiger partial charge on any atom is -0.387 e. The Morgan fingerprint density at radius 2 is 2.11 bits per heavy atom. The maximum absolute atomic E-state index is 10.4. The van der Waals surface area contributed by atoms with Gasteiger partial charge in [-0.3, -0.25) is 0 Å². The van der Waals surface area contributed by atoms with Crippen LogP contribution < -0.4 is 0 Å². The molecule has 4 aliphatic rings. The fourth-order valence-electron chi connectivity index (χ4n) is 4.17. The predicted molar refractivity (Wildman–Crippen MR) is 75.5 cm³/mol. The molecule has 0 amide bonds. The Morgan fingerprint density at radius 1 is 1.39 bits per heavy atom. The van der Waals surface area contributed by atoms with Crippen molar-refractivity contribution in [2.75, 3.05) is 6.61 Å². The second-order valence-electron chi connectivity index (χ2n) is 7.31. The Morgan fingerprint density at radius 3 is 2.72 bits per heavy atom. The standard InChI is InChI=1S/C15H26O2S/c1-5-15(4,16)13-17-8-10-11-6-9(14(11,2)3)7-12(10)18-13/h9-13,16H,5-8H2,1-4H3/t9-,10+,11+,12+,13?,15-/m1/s1. The van der Waals surface area contributed by atoms with Gasteiger partial charge in [0.25, 0.3) is 0 Å². The summed E-state index contributed by atoms with van der Waals surface area (Å²) in [6.07, 6.45) is 3.51. The summed E-state index contributed by atoms with van der Waals surface area (Å²) in [5.41, 5.74) is -0.165. The molecule has 3 aliphatic carbocycles. The summed E-state index contributed by atoms with van der Waals surface area (Å²) >= 11 is 1.91. The van der Waals surface area contributed by atoms with Crippen LogP contribution in [-0.2, 0) is 4.74 Å². The van der Waals surface area contributed by atoms with Gasteiger partial charge in [0.1, 0.15) is 5.44 Å². The zero-order valence-electron chi connectivity index (χ0n) is 12.0. The van der Waals surface area contributed by atoms with Gasteiger partial charge >= 0.3 is 0 Å². The highest BCUT2D eigenvalue weighted by atomic mass is 32.2. The van der Waals surface area contributed by atoms with E-state index in [1.165, 1.54) is 12.8 Å². The van der Waals surface area contributed by atoms with Gasteiger partial charge in [0.2, 0.25) is 0 Å². The molecule has 4 fully saturated rings. The van der Waals surface area contributed by atoms with E-state index < -0.39 is 5.60 Å². The monoisotopic (exact) mass is 270 g/mol. The number of thioether (sulfide) groups is 1. The first-order valence-electron chi connectivity index (χ1n) is 7.35. The Labute approximate surface area is 115 Å². The second kappa shape index (κ2) is 4.13. The van der Waals surface area contributed by atoms with E-state index in [4.69, 9.17) is 4.74 Å². The maximum atomic E-state index is 10.4. The zero-order valence-corrected chi connectivity index (χ0v) is 12.8. The first kappa shape index (κ1) is 13.3. The molecule has 2 bridgehead atoms. The van der Waals surface area contributed by atoms with Gasteiger partial charge in [-0.15, -0.1) is 11.8 Å². The van der Waals surface area contributed by atoms with E-state index in [1.54, 1.807) is 0 Å². The predicted octanol–water partition coefficient (Wildman–Crippen LogP) is 3.29. The van der Waals surface area contributed by atoms with Gasteiger partial charge in [0, 0.05) is 5.25 Å². The Bertz CT molecular complexity index is 339. The van der Waals surface area contributed by atoms with Gasteiger partial charge in [0.05, 0.1) is 12.2 Å². The number of rotatable bonds is 2. The van der Waals surface area contributed by atoms with Crippen LogP contribution in [-0.4, -0.2) is 28.0 Å². The molecule has 0 aromatic carbocycles. The van der Waals surface area contributed by atoms with Crippen LogP contribution in [0.1, 0.15) is 47.0 Å². The molecule has 1 unspecified atom stereocenters. The quantitative estimate of drug-likeness (QED) is 0.835. The number of ether oxygens (including phenoxy) is 1. The van der Waals surface area contributed by atoms with Gasteiger partial charge in [-0.2, -0.15) is 0 Å². The van der Waals surface area contributed by atoms with E-state index in [0.29, 0.717) is 5.41 Å². The number of hydrogen-bond donors (Lipinski definition) is 1. The van der Waals surface area contributed by atoms with E-state index >= 15 is 0 Å². The van der Waals surface area contributed by atoms with Crippen LogP contribution in [0.3, 0.4) is 0 Å². The lowest BCUT2D eigenvalue weighted by Gasteiger charge is -2.64. The molecule has 1 aliphatic heterocycles. The van der Waals surface area contributed by atoms with Crippen LogP contribution in [0, 0.1) is 23.2 Å².